The summed E-state index contributed by atoms with van der Waals surface area (Å²) in [5, 5.41) is 0. The number of anilines is 1. The molecular weight excluding hydrogens is 316 g/mol. The molecule has 0 spiro atoms. The zero-order valence-corrected chi connectivity index (χ0v) is 14.1. The van der Waals surface area contributed by atoms with Crippen LogP contribution in [0.1, 0.15) is 26.2 Å². The van der Waals surface area contributed by atoms with Crippen molar-refractivity contribution in [1.82, 2.24) is 4.31 Å². The van der Waals surface area contributed by atoms with Crippen LogP contribution >= 0.6 is 0 Å². The van der Waals surface area contributed by atoms with Crippen molar-refractivity contribution >= 4 is 21.6 Å². The van der Waals surface area contributed by atoms with E-state index in [1.165, 1.54) is 4.31 Å². The Hall–Kier alpha value is -1.44. The van der Waals surface area contributed by atoms with Gasteiger partial charge in [-0.05, 0) is 37.1 Å². The average molecular weight is 338 g/mol. The Labute approximate surface area is 137 Å². The maximum atomic E-state index is 12.7. The van der Waals surface area contributed by atoms with Crippen LogP contribution in [0.15, 0.2) is 29.2 Å². The fourth-order valence-electron chi connectivity index (χ4n) is 3.03. The number of benzene rings is 1. The normalized spacial score (nSPS) is 23.4. The minimum absolute atomic E-state index is 0.0416. The predicted molar refractivity (Wildman–Crippen MR) is 86.8 cm³/mol. The molecule has 126 valence electrons. The van der Waals surface area contributed by atoms with E-state index in [4.69, 9.17) is 4.74 Å². The first kappa shape index (κ1) is 16.4. The van der Waals surface area contributed by atoms with Gasteiger partial charge in [-0.1, -0.05) is 6.92 Å². The molecule has 0 aliphatic carbocycles. The fourth-order valence-corrected chi connectivity index (χ4v) is 4.48. The summed E-state index contributed by atoms with van der Waals surface area (Å²) >= 11 is 0. The van der Waals surface area contributed by atoms with Crippen molar-refractivity contribution in [1.29, 1.82) is 0 Å². The molecule has 0 aromatic heterocycles. The molecular formula is C16H22N2O4S. The van der Waals surface area contributed by atoms with Gasteiger partial charge in [-0.3, -0.25) is 4.79 Å². The van der Waals surface area contributed by atoms with Crippen LogP contribution in [0.3, 0.4) is 0 Å². The van der Waals surface area contributed by atoms with Gasteiger partial charge in [0, 0.05) is 31.7 Å². The van der Waals surface area contributed by atoms with Gasteiger partial charge in [0.1, 0.15) is 0 Å². The number of nitrogens with zero attached hydrogens (tertiary/aromatic N) is 2. The first-order valence-corrected chi connectivity index (χ1v) is 9.48. The number of hydrogen-bond acceptors (Lipinski definition) is 4. The number of carbonyl (C=O) groups excluding carboxylic acids is 1. The molecule has 0 bridgehead atoms. The average Bonchev–Trinajstić information content (AvgIpc) is 3.01. The van der Waals surface area contributed by atoms with Crippen molar-refractivity contribution in [3.63, 3.8) is 0 Å². The molecule has 0 saturated carbocycles. The summed E-state index contributed by atoms with van der Waals surface area (Å²) in [5.74, 6) is 0.0968. The molecule has 6 nitrogen and oxygen atoms in total. The Morgan fingerprint density at radius 3 is 2.57 bits per heavy atom. The van der Waals surface area contributed by atoms with E-state index in [2.05, 4.69) is 0 Å². The molecule has 0 radical (unpaired) electrons. The van der Waals surface area contributed by atoms with Crippen LogP contribution in [-0.2, 0) is 19.6 Å². The van der Waals surface area contributed by atoms with Crippen LogP contribution in [-0.4, -0.2) is 51.0 Å². The number of rotatable bonds is 4. The SMILES string of the molecule is CC[C@H]1CN(S(=O)(=O)c2ccc(N3CCCC3=O)cc2)CCO1. The highest BCUT2D eigenvalue weighted by Gasteiger charge is 2.30. The number of hydrogen-bond donors (Lipinski definition) is 0. The standard InChI is InChI=1S/C16H22N2O4S/c1-2-14-12-17(10-11-22-14)23(20,21)15-7-5-13(6-8-15)18-9-3-4-16(18)19/h5-8,14H,2-4,9-12H2,1H3/t14-/m0/s1. The summed E-state index contributed by atoms with van der Waals surface area (Å²) in [6, 6.07) is 6.61. The molecule has 1 aromatic carbocycles. The van der Waals surface area contributed by atoms with Gasteiger partial charge in [0.25, 0.3) is 0 Å². The Kier molecular flexibility index (Phi) is 4.70. The second-order valence-electron chi connectivity index (χ2n) is 5.91. The third-order valence-electron chi connectivity index (χ3n) is 4.42. The van der Waals surface area contributed by atoms with E-state index in [0.717, 1.165) is 18.5 Å². The molecule has 2 fully saturated rings. The van der Waals surface area contributed by atoms with E-state index >= 15 is 0 Å². The lowest BCUT2D eigenvalue weighted by Crippen LogP contribution is -2.45. The van der Waals surface area contributed by atoms with E-state index in [1.54, 1.807) is 29.2 Å². The molecule has 1 aromatic rings. The summed E-state index contributed by atoms with van der Waals surface area (Å²) in [6.07, 6.45) is 2.17. The Morgan fingerprint density at radius 1 is 1.22 bits per heavy atom. The minimum Gasteiger partial charge on any atom is -0.375 e. The Bertz CT molecular complexity index is 672. The Morgan fingerprint density at radius 2 is 1.96 bits per heavy atom. The van der Waals surface area contributed by atoms with Gasteiger partial charge >= 0.3 is 0 Å². The second-order valence-corrected chi connectivity index (χ2v) is 7.84. The van der Waals surface area contributed by atoms with Gasteiger partial charge in [-0.2, -0.15) is 4.31 Å². The van der Waals surface area contributed by atoms with Gasteiger partial charge in [-0.15, -0.1) is 0 Å². The molecule has 0 unspecified atom stereocenters. The van der Waals surface area contributed by atoms with E-state index in [-0.39, 0.29) is 16.9 Å². The minimum atomic E-state index is -3.51. The second kappa shape index (κ2) is 6.59. The highest BCUT2D eigenvalue weighted by molar-refractivity contribution is 7.89. The lowest BCUT2D eigenvalue weighted by Gasteiger charge is -2.31. The first-order valence-electron chi connectivity index (χ1n) is 8.04. The van der Waals surface area contributed by atoms with Crippen molar-refractivity contribution in [2.45, 2.75) is 37.2 Å². The molecule has 7 heteroatoms. The molecule has 1 atom stereocenters. The first-order chi connectivity index (χ1) is 11.0. The highest BCUT2D eigenvalue weighted by Crippen LogP contribution is 2.25. The maximum absolute atomic E-state index is 12.7. The summed E-state index contributed by atoms with van der Waals surface area (Å²) < 4.78 is 32.5. The number of amides is 1. The van der Waals surface area contributed by atoms with Gasteiger partial charge in [-0.25, -0.2) is 8.42 Å². The Balaban J connectivity index is 1.79. The van der Waals surface area contributed by atoms with Gasteiger partial charge in [0.2, 0.25) is 15.9 Å². The zero-order valence-electron chi connectivity index (χ0n) is 13.3. The molecule has 2 heterocycles. The van der Waals surface area contributed by atoms with Gasteiger partial charge in [0.15, 0.2) is 0 Å². The summed E-state index contributed by atoms with van der Waals surface area (Å²) in [7, 11) is -3.51. The summed E-state index contributed by atoms with van der Waals surface area (Å²) in [6.45, 7) is 3.89. The molecule has 23 heavy (non-hydrogen) atoms. The van der Waals surface area contributed by atoms with Crippen molar-refractivity contribution in [2.75, 3.05) is 31.1 Å². The molecule has 2 saturated heterocycles. The third kappa shape index (κ3) is 3.27. The zero-order chi connectivity index (χ0) is 16.4. The topological polar surface area (TPSA) is 66.9 Å². The smallest absolute Gasteiger partial charge is 0.243 e. The van der Waals surface area contributed by atoms with E-state index in [9.17, 15) is 13.2 Å². The van der Waals surface area contributed by atoms with Crippen molar-refractivity contribution in [3.8, 4) is 0 Å². The predicted octanol–water partition coefficient (Wildman–Crippen LogP) is 1.61. The fraction of sp³-hybridized carbons (Fsp3) is 0.562. The van der Waals surface area contributed by atoms with Crippen LogP contribution in [0.2, 0.25) is 0 Å². The third-order valence-corrected chi connectivity index (χ3v) is 6.30. The molecule has 2 aliphatic heterocycles. The number of morpholine rings is 1. The number of carbonyl (C=O) groups is 1. The largest absolute Gasteiger partial charge is 0.375 e. The van der Waals surface area contributed by atoms with Crippen LogP contribution in [0, 0.1) is 0 Å². The van der Waals surface area contributed by atoms with E-state index in [1.807, 2.05) is 6.92 Å². The summed E-state index contributed by atoms with van der Waals surface area (Å²) in [4.78, 5) is 13.7. The maximum Gasteiger partial charge on any atom is 0.243 e. The quantitative estimate of drug-likeness (QED) is 0.836. The van der Waals surface area contributed by atoms with Crippen LogP contribution < -0.4 is 4.90 Å². The van der Waals surface area contributed by atoms with Crippen molar-refractivity contribution in [2.24, 2.45) is 0 Å². The molecule has 1 amide bonds. The van der Waals surface area contributed by atoms with E-state index in [0.29, 0.717) is 32.7 Å². The van der Waals surface area contributed by atoms with E-state index < -0.39 is 10.0 Å². The number of ether oxygens (including phenoxy) is 1. The lowest BCUT2D eigenvalue weighted by atomic mass is 10.2. The summed E-state index contributed by atoms with van der Waals surface area (Å²) in [5.41, 5.74) is 0.764. The van der Waals surface area contributed by atoms with Gasteiger partial charge < -0.3 is 9.64 Å². The van der Waals surface area contributed by atoms with Crippen LogP contribution in [0.4, 0.5) is 5.69 Å². The molecule has 3 rings (SSSR count). The van der Waals surface area contributed by atoms with Crippen molar-refractivity contribution < 1.29 is 17.9 Å². The van der Waals surface area contributed by atoms with Crippen LogP contribution in [0.25, 0.3) is 0 Å². The van der Waals surface area contributed by atoms with Crippen LogP contribution in [0.5, 0.6) is 0 Å². The van der Waals surface area contributed by atoms with Gasteiger partial charge in [0.05, 0.1) is 17.6 Å². The monoisotopic (exact) mass is 338 g/mol. The van der Waals surface area contributed by atoms with Crippen molar-refractivity contribution in [3.05, 3.63) is 24.3 Å². The number of sulfonamides is 1. The molecule has 0 N–H and O–H groups in total. The highest BCUT2D eigenvalue weighted by atomic mass is 32.2. The lowest BCUT2D eigenvalue weighted by molar-refractivity contribution is -0.117. The molecule has 2 aliphatic rings.